The maximum Gasteiger partial charge on any atom is 0.261 e. The number of nitrogens with one attached hydrogen (secondary N) is 2. The molecular formula is C12H10FN3O4S. The quantitative estimate of drug-likeness (QED) is 0.760. The second-order valence-corrected chi connectivity index (χ2v) is 5.58. The van der Waals surface area contributed by atoms with Crippen molar-refractivity contribution in [2.24, 2.45) is 5.14 Å². The van der Waals surface area contributed by atoms with Gasteiger partial charge in [-0.05, 0) is 30.3 Å². The molecule has 1 aromatic carbocycles. The lowest BCUT2D eigenvalue weighted by Gasteiger charge is -2.09. The van der Waals surface area contributed by atoms with Gasteiger partial charge in [-0.3, -0.25) is 9.59 Å². The third-order valence-corrected chi connectivity index (χ3v) is 3.53. The zero-order chi connectivity index (χ0) is 15.6. The molecule has 0 aliphatic rings. The molecule has 0 fully saturated rings. The zero-order valence-electron chi connectivity index (χ0n) is 10.5. The number of nitrogens with two attached hydrogens (primary N) is 1. The number of hydrogen-bond donors (Lipinski definition) is 3. The summed E-state index contributed by atoms with van der Waals surface area (Å²) in [6.07, 6.45) is 1.33. The van der Waals surface area contributed by atoms with Gasteiger partial charge in [0.25, 0.3) is 11.5 Å². The van der Waals surface area contributed by atoms with Crippen LogP contribution in [0.3, 0.4) is 0 Å². The first-order valence-electron chi connectivity index (χ1n) is 5.60. The topological polar surface area (TPSA) is 122 Å². The third-order valence-electron chi connectivity index (χ3n) is 2.56. The number of anilines is 1. The largest absolute Gasteiger partial charge is 0.328 e. The molecule has 2 rings (SSSR count). The van der Waals surface area contributed by atoms with Crippen LogP contribution in [0.4, 0.5) is 10.1 Å². The Morgan fingerprint density at radius 1 is 1.29 bits per heavy atom. The first-order chi connectivity index (χ1) is 9.79. The fraction of sp³-hybridized carbons (Fsp3) is 0. The van der Waals surface area contributed by atoms with Crippen molar-refractivity contribution >= 4 is 21.6 Å². The molecule has 0 radical (unpaired) electrons. The van der Waals surface area contributed by atoms with Crippen LogP contribution in [0, 0.1) is 5.82 Å². The van der Waals surface area contributed by atoms with E-state index < -0.39 is 32.2 Å². The standard InChI is InChI=1S/C12H10FN3O4S/c13-7-3-4-10(21(14,19)20)9(6-7)16-12(18)8-2-1-5-15-11(8)17/h1-6H,(H,15,17)(H,16,18)(H2,14,19,20). The van der Waals surface area contributed by atoms with Crippen LogP contribution < -0.4 is 16.0 Å². The van der Waals surface area contributed by atoms with Gasteiger partial charge in [0.1, 0.15) is 16.3 Å². The van der Waals surface area contributed by atoms with E-state index in [2.05, 4.69) is 10.3 Å². The SMILES string of the molecule is NS(=O)(=O)c1ccc(F)cc1NC(=O)c1ccc[nH]c1=O. The normalized spacial score (nSPS) is 11.1. The molecule has 0 aliphatic heterocycles. The van der Waals surface area contributed by atoms with Crippen molar-refractivity contribution in [2.45, 2.75) is 4.90 Å². The molecule has 1 heterocycles. The maximum atomic E-state index is 13.2. The summed E-state index contributed by atoms with van der Waals surface area (Å²) in [7, 11) is -4.16. The average molecular weight is 311 g/mol. The fourth-order valence-electron chi connectivity index (χ4n) is 1.64. The number of hydrogen-bond acceptors (Lipinski definition) is 4. The number of primary sulfonamides is 1. The first kappa shape index (κ1) is 14.9. The first-order valence-corrected chi connectivity index (χ1v) is 7.15. The minimum absolute atomic E-state index is 0.248. The van der Waals surface area contributed by atoms with Gasteiger partial charge in [-0.25, -0.2) is 17.9 Å². The van der Waals surface area contributed by atoms with Crippen LogP contribution in [0.25, 0.3) is 0 Å². The summed E-state index contributed by atoms with van der Waals surface area (Å²) in [4.78, 5) is 25.2. The van der Waals surface area contributed by atoms with Crippen molar-refractivity contribution in [1.82, 2.24) is 4.98 Å². The highest BCUT2D eigenvalue weighted by atomic mass is 32.2. The Morgan fingerprint density at radius 2 is 2.00 bits per heavy atom. The molecule has 0 atom stereocenters. The highest BCUT2D eigenvalue weighted by Gasteiger charge is 2.18. The molecule has 4 N–H and O–H groups in total. The summed E-state index contributed by atoms with van der Waals surface area (Å²) < 4.78 is 36.0. The Labute approximate surface area is 118 Å². The lowest BCUT2D eigenvalue weighted by Crippen LogP contribution is -2.24. The monoisotopic (exact) mass is 311 g/mol. The highest BCUT2D eigenvalue weighted by Crippen LogP contribution is 2.21. The Hall–Kier alpha value is -2.52. The van der Waals surface area contributed by atoms with E-state index in [0.717, 1.165) is 18.2 Å². The van der Waals surface area contributed by atoms with Crippen LogP contribution in [-0.4, -0.2) is 19.3 Å². The van der Waals surface area contributed by atoms with E-state index in [4.69, 9.17) is 5.14 Å². The average Bonchev–Trinajstić information content (AvgIpc) is 2.37. The van der Waals surface area contributed by atoms with E-state index in [9.17, 15) is 22.4 Å². The summed E-state index contributed by atoms with van der Waals surface area (Å²) in [6.45, 7) is 0. The van der Waals surface area contributed by atoms with Gasteiger partial charge < -0.3 is 10.3 Å². The van der Waals surface area contributed by atoms with E-state index in [1.807, 2.05) is 0 Å². The number of aromatic amines is 1. The van der Waals surface area contributed by atoms with E-state index in [-0.39, 0.29) is 11.3 Å². The van der Waals surface area contributed by atoms with Crippen LogP contribution in [0.2, 0.25) is 0 Å². The second kappa shape index (κ2) is 5.46. The summed E-state index contributed by atoms with van der Waals surface area (Å²) in [5.41, 5.74) is -1.25. The predicted molar refractivity (Wildman–Crippen MR) is 72.8 cm³/mol. The lowest BCUT2D eigenvalue weighted by atomic mass is 10.2. The number of pyridine rings is 1. The predicted octanol–water partition coefficient (Wildman–Crippen LogP) is 0.414. The summed E-state index contributed by atoms with van der Waals surface area (Å²) >= 11 is 0. The minimum atomic E-state index is -4.16. The Balaban J connectivity index is 2.45. The highest BCUT2D eigenvalue weighted by molar-refractivity contribution is 7.89. The van der Waals surface area contributed by atoms with E-state index in [1.165, 1.54) is 18.3 Å². The van der Waals surface area contributed by atoms with Gasteiger partial charge in [0.15, 0.2) is 0 Å². The number of carbonyl (C=O) groups is 1. The van der Waals surface area contributed by atoms with Gasteiger partial charge in [-0.2, -0.15) is 0 Å². The molecule has 0 saturated carbocycles. The van der Waals surface area contributed by atoms with Crippen molar-refractivity contribution in [1.29, 1.82) is 0 Å². The number of halogens is 1. The number of benzene rings is 1. The smallest absolute Gasteiger partial charge is 0.261 e. The van der Waals surface area contributed by atoms with Gasteiger partial charge in [0.2, 0.25) is 10.0 Å². The van der Waals surface area contributed by atoms with Gasteiger partial charge in [0.05, 0.1) is 5.69 Å². The summed E-state index contributed by atoms with van der Waals surface area (Å²) in [5.74, 6) is -1.65. The van der Waals surface area contributed by atoms with Crippen LogP contribution in [0.15, 0.2) is 46.2 Å². The van der Waals surface area contributed by atoms with Crippen LogP contribution >= 0.6 is 0 Å². The molecule has 7 nitrogen and oxygen atoms in total. The van der Waals surface area contributed by atoms with Gasteiger partial charge in [0, 0.05) is 6.20 Å². The number of H-pyrrole nitrogens is 1. The third kappa shape index (κ3) is 3.33. The van der Waals surface area contributed by atoms with Gasteiger partial charge >= 0.3 is 0 Å². The fourth-order valence-corrected chi connectivity index (χ4v) is 2.31. The molecule has 110 valence electrons. The molecule has 0 aliphatic carbocycles. The maximum absolute atomic E-state index is 13.2. The van der Waals surface area contributed by atoms with Crippen molar-refractivity contribution in [2.75, 3.05) is 5.32 Å². The van der Waals surface area contributed by atoms with E-state index >= 15 is 0 Å². The molecule has 0 saturated heterocycles. The number of aromatic nitrogens is 1. The Bertz CT molecular complexity index is 861. The molecule has 2 aromatic rings. The van der Waals surface area contributed by atoms with Crippen LogP contribution in [0.5, 0.6) is 0 Å². The van der Waals surface area contributed by atoms with E-state index in [1.54, 1.807) is 0 Å². The van der Waals surface area contributed by atoms with Crippen molar-refractivity contribution in [3.8, 4) is 0 Å². The molecule has 0 unspecified atom stereocenters. The number of carbonyl (C=O) groups excluding carboxylic acids is 1. The van der Waals surface area contributed by atoms with Gasteiger partial charge in [-0.1, -0.05) is 0 Å². The number of sulfonamides is 1. The summed E-state index contributed by atoms with van der Waals surface area (Å²) in [6, 6.07) is 5.28. The molecule has 9 heteroatoms. The van der Waals surface area contributed by atoms with Crippen LogP contribution in [-0.2, 0) is 10.0 Å². The van der Waals surface area contributed by atoms with Crippen molar-refractivity contribution in [3.63, 3.8) is 0 Å². The summed E-state index contributed by atoms with van der Waals surface area (Å²) in [5, 5.41) is 7.14. The Kier molecular flexibility index (Phi) is 3.87. The van der Waals surface area contributed by atoms with Crippen molar-refractivity contribution < 1.29 is 17.6 Å². The number of rotatable bonds is 3. The molecule has 1 aromatic heterocycles. The van der Waals surface area contributed by atoms with Crippen molar-refractivity contribution in [3.05, 3.63) is 58.3 Å². The molecule has 0 spiro atoms. The lowest BCUT2D eigenvalue weighted by molar-refractivity contribution is 0.102. The Morgan fingerprint density at radius 3 is 2.62 bits per heavy atom. The number of amides is 1. The minimum Gasteiger partial charge on any atom is -0.328 e. The molecule has 1 amide bonds. The molecular weight excluding hydrogens is 301 g/mol. The molecule has 0 bridgehead atoms. The van der Waals surface area contributed by atoms with Crippen LogP contribution in [0.1, 0.15) is 10.4 Å². The van der Waals surface area contributed by atoms with Gasteiger partial charge in [-0.15, -0.1) is 0 Å². The second-order valence-electron chi connectivity index (χ2n) is 4.05. The zero-order valence-corrected chi connectivity index (χ0v) is 11.3. The molecule has 21 heavy (non-hydrogen) atoms. The van der Waals surface area contributed by atoms with E-state index in [0.29, 0.717) is 0 Å².